The van der Waals surface area contributed by atoms with Crippen molar-refractivity contribution in [2.75, 3.05) is 19.0 Å². The fourth-order valence-corrected chi connectivity index (χ4v) is 2.38. The summed E-state index contributed by atoms with van der Waals surface area (Å²) in [5, 5.41) is 4.01. The van der Waals surface area contributed by atoms with E-state index in [2.05, 4.69) is 22.4 Å². The van der Waals surface area contributed by atoms with E-state index in [-0.39, 0.29) is 0 Å². The normalized spacial score (nSPS) is 10.2. The lowest BCUT2D eigenvalue weighted by molar-refractivity contribution is 0.340. The molecule has 3 nitrogen and oxygen atoms in total. The van der Waals surface area contributed by atoms with Crippen LogP contribution in [0.25, 0.3) is 0 Å². The Morgan fingerprint density at radius 1 is 1.29 bits per heavy atom. The summed E-state index contributed by atoms with van der Waals surface area (Å²) >= 11 is 1.69. The van der Waals surface area contributed by atoms with E-state index >= 15 is 0 Å². The van der Waals surface area contributed by atoms with E-state index in [1.807, 2.05) is 32.3 Å². The van der Waals surface area contributed by atoms with Crippen LogP contribution in [0.3, 0.4) is 0 Å². The zero-order valence-corrected chi connectivity index (χ0v) is 10.9. The number of nitrogens with zero attached hydrogens (tertiary/aromatic N) is 1. The van der Waals surface area contributed by atoms with E-state index in [0.29, 0.717) is 6.61 Å². The van der Waals surface area contributed by atoms with Crippen molar-refractivity contribution in [2.45, 2.75) is 13.3 Å². The summed E-state index contributed by atoms with van der Waals surface area (Å²) in [4.78, 5) is 5.52. The van der Waals surface area contributed by atoms with E-state index in [4.69, 9.17) is 4.74 Å². The molecule has 0 saturated carbocycles. The van der Waals surface area contributed by atoms with Gasteiger partial charge in [-0.2, -0.15) is 0 Å². The highest BCUT2D eigenvalue weighted by molar-refractivity contribution is 7.15. The fraction of sp³-hybridized carbons (Fsp3) is 0.308. The van der Waals surface area contributed by atoms with Crippen LogP contribution in [0, 0.1) is 0 Å². The third-order valence-electron chi connectivity index (χ3n) is 2.38. The van der Waals surface area contributed by atoms with E-state index in [1.54, 1.807) is 11.3 Å². The molecule has 0 aliphatic heterocycles. The van der Waals surface area contributed by atoms with Crippen molar-refractivity contribution in [1.82, 2.24) is 4.98 Å². The molecule has 2 aromatic rings. The molecule has 0 spiro atoms. The molecule has 90 valence electrons. The second kappa shape index (κ2) is 5.68. The molecule has 0 aliphatic carbocycles. The Morgan fingerprint density at radius 2 is 2.06 bits per heavy atom. The first-order chi connectivity index (χ1) is 8.31. The molecule has 0 saturated heterocycles. The number of nitrogens with one attached hydrogen (secondary N) is 1. The largest absolute Gasteiger partial charge is 0.494 e. The van der Waals surface area contributed by atoms with Gasteiger partial charge in [0.05, 0.1) is 6.61 Å². The van der Waals surface area contributed by atoms with Crippen molar-refractivity contribution in [2.24, 2.45) is 0 Å². The monoisotopic (exact) mass is 248 g/mol. The summed E-state index contributed by atoms with van der Waals surface area (Å²) in [6.45, 7) is 2.70. The minimum atomic E-state index is 0.708. The van der Waals surface area contributed by atoms with Crippen LogP contribution in [0.15, 0.2) is 30.5 Å². The highest BCUT2D eigenvalue weighted by atomic mass is 32.1. The van der Waals surface area contributed by atoms with Gasteiger partial charge in [0.2, 0.25) is 0 Å². The van der Waals surface area contributed by atoms with Gasteiger partial charge in [-0.3, -0.25) is 0 Å². The van der Waals surface area contributed by atoms with Crippen molar-refractivity contribution < 1.29 is 4.74 Å². The Hall–Kier alpha value is -1.55. The third kappa shape index (κ3) is 3.20. The van der Waals surface area contributed by atoms with Gasteiger partial charge in [-0.05, 0) is 24.6 Å². The number of ether oxygens (including phenoxy) is 1. The van der Waals surface area contributed by atoms with Gasteiger partial charge in [0.15, 0.2) is 5.13 Å². The van der Waals surface area contributed by atoms with Gasteiger partial charge >= 0.3 is 0 Å². The van der Waals surface area contributed by atoms with Gasteiger partial charge in [-0.1, -0.05) is 12.1 Å². The number of anilines is 1. The van der Waals surface area contributed by atoms with Crippen LogP contribution in [0.5, 0.6) is 5.75 Å². The van der Waals surface area contributed by atoms with Crippen molar-refractivity contribution in [3.8, 4) is 5.75 Å². The Morgan fingerprint density at radius 3 is 2.65 bits per heavy atom. The number of hydrogen-bond donors (Lipinski definition) is 1. The van der Waals surface area contributed by atoms with Gasteiger partial charge in [0.25, 0.3) is 0 Å². The molecule has 1 aromatic heterocycles. The topological polar surface area (TPSA) is 34.1 Å². The quantitative estimate of drug-likeness (QED) is 0.882. The smallest absolute Gasteiger partial charge is 0.182 e. The molecule has 4 heteroatoms. The summed E-state index contributed by atoms with van der Waals surface area (Å²) in [5.41, 5.74) is 1.28. The van der Waals surface area contributed by atoms with Crippen LogP contribution in [0.4, 0.5) is 5.13 Å². The Kier molecular flexibility index (Phi) is 3.98. The maximum atomic E-state index is 5.41. The Bertz CT molecular complexity index is 465. The SMILES string of the molecule is CCOc1ccc(Cc2cnc(NC)s2)cc1. The highest BCUT2D eigenvalue weighted by Gasteiger charge is 2.02. The minimum absolute atomic E-state index is 0.708. The van der Waals surface area contributed by atoms with E-state index in [0.717, 1.165) is 17.3 Å². The molecule has 2 rings (SSSR count). The van der Waals surface area contributed by atoms with Crippen molar-refractivity contribution in [3.63, 3.8) is 0 Å². The lowest BCUT2D eigenvalue weighted by Crippen LogP contribution is -1.91. The molecule has 17 heavy (non-hydrogen) atoms. The Labute approximate surface area is 105 Å². The molecule has 0 bridgehead atoms. The van der Waals surface area contributed by atoms with Crippen LogP contribution >= 0.6 is 11.3 Å². The number of hydrogen-bond acceptors (Lipinski definition) is 4. The summed E-state index contributed by atoms with van der Waals surface area (Å²) in [6.07, 6.45) is 2.85. The standard InChI is InChI=1S/C13H16N2OS/c1-3-16-11-6-4-10(5-7-11)8-12-9-15-13(14-2)17-12/h4-7,9H,3,8H2,1-2H3,(H,14,15). The number of benzene rings is 1. The first kappa shape index (κ1) is 11.9. The summed E-state index contributed by atoms with van der Waals surface area (Å²) < 4.78 is 5.41. The van der Waals surface area contributed by atoms with Crippen LogP contribution in [0.1, 0.15) is 17.4 Å². The summed E-state index contributed by atoms with van der Waals surface area (Å²) in [6, 6.07) is 8.23. The lowest BCUT2D eigenvalue weighted by Gasteiger charge is -2.03. The summed E-state index contributed by atoms with van der Waals surface area (Å²) in [7, 11) is 1.89. The molecule has 0 unspecified atom stereocenters. The number of thiazole rings is 1. The van der Waals surface area contributed by atoms with Crippen LogP contribution < -0.4 is 10.1 Å². The predicted octanol–water partition coefficient (Wildman–Crippen LogP) is 3.17. The molecule has 1 N–H and O–H groups in total. The van der Waals surface area contributed by atoms with Gasteiger partial charge in [-0.15, -0.1) is 11.3 Å². The van der Waals surface area contributed by atoms with Crippen molar-refractivity contribution >= 4 is 16.5 Å². The Balaban J connectivity index is 2.03. The van der Waals surface area contributed by atoms with Crippen LogP contribution in [-0.4, -0.2) is 18.6 Å². The molecular formula is C13H16N2OS. The van der Waals surface area contributed by atoms with Gasteiger partial charge in [0, 0.05) is 24.5 Å². The molecule has 0 aliphatic rings. The van der Waals surface area contributed by atoms with E-state index in [9.17, 15) is 0 Å². The number of aromatic nitrogens is 1. The molecule has 0 radical (unpaired) electrons. The fourth-order valence-electron chi connectivity index (χ4n) is 1.58. The van der Waals surface area contributed by atoms with Gasteiger partial charge in [0.1, 0.15) is 5.75 Å². The minimum Gasteiger partial charge on any atom is -0.494 e. The average Bonchev–Trinajstić information content (AvgIpc) is 2.80. The molecule has 0 fully saturated rings. The van der Waals surface area contributed by atoms with Gasteiger partial charge in [-0.25, -0.2) is 4.98 Å². The lowest BCUT2D eigenvalue weighted by atomic mass is 10.1. The first-order valence-corrected chi connectivity index (χ1v) is 6.47. The first-order valence-electron chi connectivity index (χ1n) is 5.66. The highest BCUT2D eigenvalue weighted by Crippen LogP contribution is 2.21. The maximum Gasteiger partial charge on any atom is 0.182 e. The van der Waals surface area contributed by atoms with Gasteiger partial charge < -0.3 is 10.1 Å². The average molecular weight is 248 g/mol. The molecule has 1 heterocycles. The van der Waals surface area contributed by atoms with Crippen molar-refractivity contribution in [3.05, 3.63) is 40.9 Å². The van der Waals surface area contributed by atoms with E-state index in [1.165, 1.54) is 10.4 Å². The molecular weight excluding hydrogens is 232 g/mol. The molecule has 0 atom stereocenters. The van der Waals surface area contributed by atoms with Crippen molar-refractivity contribution in [1.29, 1.82) is 0 Å². The third-order valence-corrected chi connectivity index (χ3v) is 3.39. The summed E-state index contributed by atoms with van der Waals surface area (Å²) in [5.74, 6) is 0.927. The molecule has 1 aromatic carbocycles. The molecule has 0 amide bonds. The predicted molar refractivity (Wildman–Crippen MR) is 72.1 cm³/mol. The van der Waals surface area contributed by atoms with Crippen LogP contribution in [-0.2, 0) is 6.42 Å². The zero-order valence-electron chi connectivity index (χ0n) is 10.1. The number of rotatable bonds is 5. The van der Waals surface area contributed by atoms with E-state index < -0.39 is 0 Å². The zero-order chi connectivity index (χ0) is 12.1. The van der Waals surface area contributed by atoms with Crippen LogP contribution in [0.2, 0.25) is 0 Å². The second-order valence-corrected chi connectivity index (χ2v) is 4.75. The second-order valence-electron chi connectivity index (χ2n) is 3.64. The maximum absolute atomic E-state index is 5.41.